The van der Waals surface area contributed by atoms with Crippen LogP contribution in [-0.4, -0.2) is 4.98 Å². The lowest BCUT2D eigenvalue weighted by Gasteiger charge is -2.14. The first-order valence-electron chi connectivity index (χ1n) is 12.9. The molecule has 32 heavy (non-hydrogen) atoms. The third kappa shape index (κ3) is 2.88. The van der Waals surface area contributed by atoms with E-state index in [-0.39, 0.29) is 0 Å². The maximum absolute atomic E-state index is 8.78. The highest BCUT2D eigenvalue weighted by Gasteiger charge is 2.29. The Morgan fingerprint density at radius 3 is 2.62 bits per heavy atom. The van der Waals surface area contributed by atoms with Crippen LogP contribution >= 0.6 is 0 Å². The third-order valence-electron chi connectivity index (χ3n) is 6.26. The highest BCUT2D eigenvalue weighted by Crippen LogP contribution is 2.42. The van der Waals surface area contributed by atoms with E-state index in [4.69, 9.17) is 9.90 Å². The standard InChI is InChI=1S/C29H27N2O/c1-18-8-11-22-23-12-13-30-26(19-9-10-20-16-29(2,3)17-21(20)15-19)28(23)32-27(22)25(18)24-7-5-6-14-31(24)4/h5-15H,16-17H2,1-4H3/q+1/i16D2,17D2. The van der Waals surface area contributed by atoms with Gasteiger partial charge < -0.3 is 4.42 Å². The summed E-state index contributed by atoms with van der Waals surface area (Å²) in [5, 5.41) is 1.93. The Kier molecular flexibility index (Phi) is 3.25. The second kappa shape index (κ2) is 6.77. The molecule has 0 spiro atoms. The van der Waals surface area contributed by atoms with E-state index in [1.54, 1.807) is 32.2 Å². The molecule has 3 heterocycles. The smallest absolute Gasteiger partial charge is 0.216 e. The Balaban J connectivity index is 1.62. The number of hydrogen-bond acceptors (Lipinski definition) is 2. The summed E-state index contributed by atoms with van der Waals surface area (Å²) in [6.45, 7) is 5.38. The molecule has 2 aromatic carbocycles. The Labute approximate surface area is 194 Å². The van der Waals surface area contributed by atoms with Gasteiger partial charge in [0.25, 0.3) is 0 Å². The second-order valence-corrected chi connectivity index (χ2v) is 9.10. The number of fused-ring (bicyclic) bond motifs is 4. The number of aromatic nitrogens is 2. The SMILES string of the molecule is [2H]C1([2H])c2ccc(-c3nccc4c3oc3c(-c5cccc[n+]5C)c(C)ccc34)cc2C([2H])([2H])C1(C)C. The average molecular weight is 424 g/mol. The van der Waals surface area contributed by atoms with Gasteiger partial charge in [-0.15, -0.1) is 0 Å². The molecule has 3 heteroatoms. The van der Waals surface area contributed by atoms with E-state index in [0.29, 0.717) is 28.0 Å². The molecule has 0 aliphatic heterocycles. The summed E-state index contributed by atoms with van der Waals surface area (Å²) >= 11 is 0. The molecule has 0 bridgehead atoms. The Morgan fingerprint density at radius 2 is 1.78 bits per heavy atom. The van der Waals surface area contributed by atoms with Crippen molar-refractivity contribution in [1.29, 1.82) is 0 Å². The van der Waals surface area contributed by atoms with Crippen LogP contribution in [0.5, 0.6) is 0 Å². The fraction of sp³-hybridized carbons (Fsp3) is 0.241. The predicted octanol–water partition coefficient (Wildman–Crippen LogP) is 6.57. The summed E-state index contributed by atoms with van der Waals surface area (Å²) in [7, 11) is 2.02. The largest absolute Gasteiger partial charge is 0.453 e. The third-order valence-corrected chi connectivity index (χ3v) is 6.26. The van der Waals surface area contributed by atoms with E-state index in [0.717, 1.165) is 33.2 Å². The van der Waals surface area contributed by atoms with Gasteiger partial charge in [-0.2, -0.15) is 0 Å². The summed E-state index contributed by atoms with van der Waals surface area (Å²) in [5.74, 6) is 0. The fourth-order valence-corrected chi connectivity index (χ4v) is 4.78. The van der Waals surface area contributed by atoms with Crippen LogP contribution in [0, 0.1) is 12.3 Å². The van der Waals surface area contributed by atoms with Crippen molar-refractivity contribution in [2.75, 3.05) is 0 Å². The van der Waals surface area contributed by atoms with Crippen molar-refractivity contribution in [3.63, 3.8) is 0 Å². The molecule has 6 rings (SSSR count). The first kappa shape index (κ1) is 15.4. The molecule has 1 aliphatic rings. The molecule has 0 atom stereocenters. The van der Waals surface area contributed by atoms with E-state index >= 15 is 0 Å². The van der Waals surface area contributed by atoms with E-state index in [9.17, 15) is 0 Å². The van der Waals surface area contributed by atoms with Crippen LogP contribution in [0.1, 0.15) is 36.0 Å². The zero-order valence-corrected chi connectivity index (χ0v) is 18.7. The maximum Gasteiger partial charge on any atom is 0.216 e. The van der Waals surface area contributed by atoms with Crippen molar-refractivity contribution in [2.45, 2.75) is 33.5 Å². The van der Waals surface area contributed by atoms with Crippen molar-refractivity contribution in [1.82, 2.24) is 4.98 Å². The number of benzene rings is 2. The van der Waals surface area contributed by atoms with Crippen molar-refractivity contribution in [3.8, 4) is 22.5 Å². The summed E-state index contributed by atoms with van der Waals surface area (Å²) in [6.07, 6.45) is 0.137. The molecule has 0 N–H and O–H groups in total. The number of pyridine rings is 2. The summed E-state index contributed by atoms with van der Waals surface area (Å²) in [4.78, 5) is 4.65. The molecule has 3 nitrogen and oxygen atoms in total. The lowest BCUT2D eigenvalue weighted by Crippen LogP contribution is -2.30. The van der Waals surface area contributed by atoms with Crippen LogP contribution in [0.2, 0.25) is 0 Å². The van der Waals surface area contributed by atoms with Crippen molar-refractivity contribution >= 4 is 21.9 Å². The van der Waals surface area contributed by atoms with Crippen LogP contribution in [0.25, 0.3) is 44.5 Å². The first-order chi connectivity index (χ1) is 17.0. The highest BCUT2D eigenvalue weighted by molar-refractivity contribution is 6.12. The monoisotopic (exact) mass is 423 g/mol. The molecule has 0 saturated carbocycles. The van der Waals surface area contributed by atoms with Crippen LogP contribution in [0.3, 0.4) is 0 Å². The highest BCUT2D eigenvalue weighted by atomic mass is 16.3. The number of nitrogens with zero attached hydrogens (tertiary/aromatic N) is 2. The Morgan fingerprint density at radius 1 is 0.969 bits per heavy atom. The minimum atomic E-state index is -1.84. The first-order valence-corrected chi connectivity index (χ1v) is 10.9. The molecule has 1 aliphatic carbocycles. The van der Waals surface area contributed by atoms with Crippen LogP contribution < -0.4 is 4.57 Å². The summed E-state index contributed by atoms with van der Waals surface area (Å²) in [5.41, 5.74) is 5.49. The average Bonchev–Trinajstić information content (AvgIpc) is 3.26. The van der Waals surface area contributed by atoms with E-state index in [2.05, 4.69) is 34.7 Å². The van der Waals surface area contributed by atoms with Gasteiger partial charge >= 0.3 is 0 Å². The molecular weight excluding hydrogens is 392 g/mol. The molecule has 3 aromatic heterocycles. The van der Waals surface area contributed by atoms with Gasteiger partial charge in [0, 0.05) is 40.1 Å². The van der Waals surface area contributed by atoms with Gasteiger partial charge in [0.1, 0.15) is 18.3 Å². The molecule has 0 fully saturated rings. The molecular formula is C29H27N2O+. The van der Waals surface area contributed by atoms with Gasteiger partial charge in [0.15, 0.2) is 11.8 Å². The van der Waals surface area contributed by atoms with Crippen LogP contribution in [-0.2, 0) is 19.8 Å². The van der Waals surface area contributed by atoms with E-state index < -0.39 is 18.2 Å². The quantitative estimate of drug-likeness (QED) is 0.300. The van der Waals surface area contributed by atoms with Gasteiger partial charge in [-0.3, -0.25) is 4.98 Å². The number of furan rings is 1. The predicted molar refractivity (Wildman–Crippen MR) is 129 cm³/mol. The van der Waals surface area contributed by atoms with Gasteiger partial charge in [0.05, 0.1) is 5.56 Å². The fourth-order valence-electron chi connectivity index (χ4n) is 4.78. The van der Waals surface area contributed by atoms with E-state index in [1.165, 1.54) is 0 Å². The van der Waals surface area contributed by atoms with Gasteiger partial charge in [-0.05, 0) is 60.0 Å². The zero-order valence-electron chi connectivity index (χ0n) is 22.7. The number of rotatable bonds is 2. The lowest BCUT2D eigenvalue weighted by atomic mass is 9.90. The van der Waals surface area contributed by atoms with Gasteiger partial charge in [0.2, 0.25) is 5.69 Å². The molecule has 5 aromatic rings. The summed E-state index contributed by atoms with van der Waals surface area (Å²) < 4.78 is 43.5. The Hall–Kier alpha value is -3.46. The van der Waals surface area contributed by atoms with Crippen LogP contribution in [0.4, 0.5) is 0 Å². The molecule has 0 amide bonds. The van der Waals surface area contributed by atoms with Crippen LogP contribution in [0.15, 0.2) is 71.4 Å². The second-order valence-electron chi connectivity index (χ2n) is 9.10. The summed E-state index contributed by atoms with van der Waals surface area (Å²) in [6, 6.07) is 17.5. The lowest BCUT2D eigenvalue weighted by molar-refractivity contribution is -0.660. The molecule has 0 saturated heterocycles. The van der Waals surface area contributed by atoms with Crippen molar-refractivity contribution in [2.24, 2.45) is 12.5 Å². The molecule has 0 radical (unpaired) electrons. The zero-order chi connectivity index (χ0) is 25.6. The van der Waals surface area contributed by atoms with Crippen molar-refractivity contribution in [3.05, 3.63) is 83.7 Å². The Bertz CT molecular complexity index is 1700. The van der Waals surface area contributed by atoms with Gasteiger partial charge in [-0.25, -0.2) is 4.57 Å². The molecule has 158 valence electrons. The van der Waals surface area contributed by atoms with Gasteiger partial charge in [-0.1, -0.05) is 38.1 Å². The minimum Gasteiger partial charge on any atom is -0.453 e. The number of aryl methyl sites for hydroxylation is 2. The van der Waals surface area contributed by atoms with Crippen molar-refractivity contribution < 1.29 is 14.5 Å². The van der Waals surface area contributed by atoms with E-state index in [1.807, 2.05) is 37.5 Å². The molecule has 0 unspecified atom stereocenters. The number of hydrogen-bond donors (Lipinski definition) is 0. The topological polar surface area (TPSA) is 29.9 Å². The normalized spacial score (nSPS) is 19.9. The maximum atomic E-state index is 8.78. The minimum absolute atomic E-state index is 0.373.